The summed E-state index contributed by atoms with van der Waals surface area (Å²) >= 11 is 0. The molecule has 1 rings (SSSR count). The number of hydrogen-bond donors (Lipinski definition) is 1. The van der Waals surface area contributed by atoms with Crippen LogP contribution in [-0.4, -0.2) is 24.0 Å². The monoisotopic (exact) mass is 222 g/mol. The van der Waals surface area contributed by atoms with E-state index in [4.69, 9.17) is 9.84 Å². The molecular weight excluding hydrogens is 208 g/mol. The van der Waals surface area contributed by atoms with Crippen LogP contribution in [0.3, 0.4) is 0 Å². The Morgan fingerprint density at radius 3 is 2.69 bits per heavy atom. The summed E-state index contributed by atoms with van der Waals surface area (Å²) in [7, 11) is 1.58. The van der Waals surface area contributed by atoms with Crippen LogP contribution < -0.4 is 0 Å². The third-order valence-electron chi connectivity index (χ3n) is 2.13. The first-order chi connectivity index (χ1) is 7.63. The van der Waals surface area contributed by atoms with Gasteiger partial charge in [-0.05, 0) is 11.6 Å². The quantitative estimate of drug-likeness (QED) is 0.746. The average molecular weight is 222 g/mol. The first-order valence-corrected chi connectivity index (χ1v) is 4.96. The third-order valence-corrected chi connectivity index (χ3v) is 2.13. The van der Waals surface area contributed by atoms with Crippen LogP contribution in [-0.2, 0) is 16.1 Å². The standard InChI is InChI=1S/C12H14O4/c1-16-8-9-3-2-4-10(7-9)11(13)5-6-12(14)15/h2-4,7H,5-6,8H2,1H3,(H,14,15). The Hall–Kier alpha value is -1.68. The van der Waals surface area contributed by atoms with Crippen LogP contribution in [0.2, 0.25) is 0 Å². The number of carbonyl (C=O) groups is 2. The zero-order valence-corrected chi connectivity index (χ0v) is 9.10. The second-order valence-electron chi connectivity index (χ2n) is 3.45. The van der Waals surface area contributed by atoms with Crippen LogP contribution in [0, 0.1) is 0 Å². The van der Waals surface area contributed by atoms with Crippen molar-refractivity contribution in [3.05, 3.63) is 35.4 Å². The molecule has 4 nitrogen and oxygen atoms in total. The summed E-state index contributed by atoms with van der Waals surface area (Å²) < 4.78 is 4.96. The first kappa shape index (κ1) is 12.4. The number of carboxylic acids is 1. The molecule has 1 N–H and O–H groups in total. The maximum atomic E-state index is 11.6. The summed E-state index contributed by atoms with van der Waals surface area (Å²) in [4.78, 5) is 21.9. The van der Waals surface area contributed by atoms with Gasteiger partial charge in [-0.1, -0.05) is 18.2 Å². The molecule has 0 atom stereocenters. The fraction of sp³-hybridized carbons (Fsp3) is 0.333. The first-order valence-electron chi connectivity index (χ1n) is 4.96. The highest BCUT2D eigenvalue weighted by molar-refractivity contribution is 5.97. The van der Waals surface area contributed by atoms with Gasteiger partial charge in [-0.15, -0.1) is 0 Å². The van der Waals surface area contributed by atoms with Crippen molar-refractivity contribution < 1.29 is 19.4 Å². The molecule has 0 aromatic heterocycles. The summed E-state index contributed by atoms with van der Waals surface area (Å²) in [5, 5.41) is 8.48. The molecule has 0 aliphatic carbocycles. The number of rotatable bonds is 6. The zero-order chi connectivity index (χ0) is 12.0. The number of Topliss-reactive ketones (excluding diaryl/α,β-unsaturated/α-hetero) is 1. The van der Waals surface area contributed by atoms with E-state index in [-0.39, 0.29) is 18.6 Å². The lowest BCUT2D eigenvalue weighted by Gasteiger charge is -2.03. The van der Waals surface area contributed by atoms with Crippen molar-refractivity contribution in [3.8, 4) is 0 Å². The fourth-order valence-electron chi connectivity index (χ4n) is 1.37. The second kappa shape index (κ2) is 6.02. The van der Waals surface area contributed by atoms with Crippen molar-refractivity contribution >= 4 is 11.8 Å². The van der Waals surface area contributed by atoms with Crippen LogP contribution in [0.15, 0.2) is 24.3 Å². The maximum Gasteiger partial charge on any atom is 0.303 e. The predicted octanol–water partition coefficient (Wildman–Crippen LogP) is 1.88. The van der Waals surface area contributed by atoms with Crippen LogP contribution >= 0.6 is 0 Å². The molecule has 0 amide bonds. The van der Waals surface area contributed by atoms with Gasteiger partial charge in [-0.3, -0.25) is 9.59 Å². The van der Waals surface area contributed by atoms with Gasteiger partial charge in [0.25, 0.3) is 0 Å². The Morgan fingerprint density at radius 1 is 1.31 bits per heavy atom. The average Bonchev–Trinajstić information content (AvgIpc) is 2.26. The van der Waals surface area contributed by atoms with E-state index >= 15 is 0 Å². The smallest absolute Gasteiger partial charge is 0.303 e. The second-order valence-corrected chi connectivity index (χ2v) is 3.45. The summed E-state index contributed by atoms with van der Waals surface area (Å²) in [6.45, 7) is 0.444. The highest BCUT2D eigenvalue weighted by atomic mass is 16.5. The zero-order valence-electron chi connectivity index (χ0n) is 9.10. The molecular formula is C12H14O4. The minimum Gasteiger partial charge on any atom is -0.481 e. The van der Waals surface area contributed by atoms with Crippen LogP contribution in [0.25, 0.3) is 0 Å². The summed E-state index contributed by atoms with van der Waals surface area (Å²) in [6.07, 6.45) is -0.0981. The molecule has 0 spiro atoms. The highest BCUT2D eigenvalue weighted by Crippen LogP contribution is 2.09. The van der Waals surface area contributed by atoms with Gasteiger partial charge in [-0.2, -0.15) is 0 Å². The Bertz CT molecular complexity index is 384. The molecule has 0 saturated carbocycles. The van der Waals surface area contributed by atoms with Crippen LogP contribution in [0.4, 0.5) is 0 Å². The van der Waals surface area contributed by atoms with E-state index in [9.17, 15) is 9.59 Å². The normalized spacial score (nSPS) is 10.1. The highest BCUT2D eigenvalue weighted by Gasteiger charge is 2.08. The van der Waals surface area contributed by atoms with E-state index in [1.54, 1.807) is 25.3 Å². The van der Waals surface area contributed by atoms with Crippen molar-refractivity contribution in [2.75, 3.05) is 7.11 Å². The molecule has 0 fully saturated rings. The van der Waals surface area contributed by atoms with Crippen molar-refractivity contribution in [1.29, 1.82) is 0 Å². The van der Waals surface area contributed by atoms with Gasteiger partial charge >= 0.3 is 5.97 Å². The number of aliphatic carboxylic acids is 1. The fourth-order valence-corrected chi connectivity index (χ4v) is 1.37. The molecule has 0 aliphatic heterocycles. The Morgan fingerprint density at radius 2 is 2.06 bits per heavy atom. The molecule has 1 aromatic rings. The molecule has 0 aliphatic rings. The van der Waals surface area contributed by atoms with Crippen molar-refractivity contribution in [3.63, 3.8) is 0 Å². The molecule has 1 aromatic carbocycles. The van der Waals surface area contributed by atoms with E-state index in [1.807, 2.05) is 6.07 Å². The minimum absolute atomic E-state index is 0.0335. The van der Waals surface area contributed by atoms with Crippen molar-refractivity contribution in [1.82, 2.24) is 0 Å². The molecule has 0 unspecified atom stereocenters. The van der Waals surface area contributed by atoms with Gasteiger partial charge in [0.2, 0.25) is 0 Å². The van der Waals surface area contributed by atoms with E-state index in [0.717, 1.165) is 5.56 Å². The molecule has 4 heteroatoms. The topological polar surface area (TPSA) is 63.6 Å². The lowest BCUT2D eigenvalue weighted by molar-refractivity contribution is -0.136. The molecule has 0 bridgehead atoms. The van der Waals surface area contributed by atoms with Crippen molar-refractivity contribution in [2.24, 2.45) is 0 Å². The summed E-state index contributed by atoms with van der Waals surface area (Å²) in [6, 6.07) is 7.04. The molecule has 0 radical (unpaired) electrons. The number of ether oxygens (including phenoxy) is 1. The lowest BCUT2D eigenvalue weighted by Crippen LogP contribution is -2.04. The number of methoxy groups -OCH3 is 1. The summed E-state index contributed by atoms with van der Waals surface area (Å²) in [5.74, 6) is -1.11. The predicted molar refractivity (Wildman–Crippen MR) is 58.4 cm³/mol. The van der Waals surface area contributed by atoms with Crippen LogP contribution in [0.5, 0.6) is 0 Å². The van der Waals surface area contributed by atoms with E-state index in [0.29, 0.717) is 12.2 Å². The van der Waals surface area contributed by atoms with E-state index < -0.39 is 5.97 Å². The van der Waals surface area contributed by atoms with E-state index in [1.165, 1.54) is 0 Å². The Labute approximate surface area is 93.9 Å². The SMILES string of the molecule is COCc1cccc(C(=O)CCC(=O)O)c1. The van der Waals surface area contributed by atoms with Gasteiger partial charge < -0.3 is 9.84 Å². The maximum absolute atomic E-state index is 11.6. The molecule has 0 heterocycles. The summed E-state index contributed by atoms with van der Waals surface area (Å²) in [5.41, 5.74) is 1.44. The van der Waals surface area contributed by atoms with E-state index in [2.05, 4.69) is 0 Å². The van der Waals surface area contributed by atoms with Gasteiger partial charge in [0.15, 0.2) is 5.78 Å². The Balaban J connectivity index is 2.67. The number of ketones is 1. The Kier molecular flexibility index (Phi) is 4.66. The van der Waals surface area contributed by atoms with Gasteiger partial charge in [-0.25, -0.2) is 0 Å². The minimum atomic E-state index is -0.957. The van der Waals surface area contributed by atoms with Gasteiger partial charge in [0.05, 0.1) is 13.0 Å². The molecule has 86 valence electrons. The molecule has 0 saturated heterocycles. The van der Waals surface area contributed by atoms with Crippen LogP contribution in [0.1, 0.15) is 28.8 Å². The number of carboxylic acid groups (broad SMARTS) is 1. The number of hydrogen-bond acceptors (Lipinski definition) is 3. The van der Waals surface area contributed by atoms with Crippen molar-refractivity contribution in [2.45, 2.75) is 19.4 Å². The largest absolute Gasteiger partial charge is 0.481 e. The van der Waals surface area contributed by atoms with Gasteiger partial charge in [0.1, 0.15) is 0 Å². The lowest BCUT2D eigenvalue weighted by atomic mass is 10.0. The molecule has 16 heavy (non-hydrogen) atoms. The van der Waals surface area contributed by atoms with Gasteiger partial charge in [0, 0.05) is 19.1 Å². The number of benzene rings is 1. The third kappa shape index (κ3) is 3.82. The number of carbonyl (C=O) groups excluding carboxylic acids is 1.